The number of benzene rings is 1. The Morgan fingerprint density at radius 1 is 1.12 bits per heavy atom. The molecule has 0 unspecified atom stereocenters. The summed E-state index contributed by atoms with van der Waals surface area (Å²) in [7, 11) is 0. The van der Waals surface area contributed by atoms with Crippen molar-refractivity contribution in [2.45, 2.75) is 57.2 Å². The second-order valence-corrected chi connectivity index (χ2v) is 6.97. The third-order valence-electron chi connectivity index (χ3n) is 5.32. The minimum atomic E-state index is -0.341. The van der Waals surface area contributed by atoms with Crippen LogP contribution in [0.25, 0.3) is 11.0 Å². The molecule has 2 amide bonds. The SMILES string of the molecule is O=C(NCc1ccc2[nH]c(=O)[nH]c2c1)[C@@H]1CC[C@@H]2CCCCC(=O)N21. The molecule has 3 N–H and O–H groups in total. The molecule has 0 aliphatic carbocycles. The predicted octanol–water partition coefficient (Wildman–Crippen LogP) is 1.41. The standard InChI is InChI=1S/C18H22N4O3/c23-16-4-2-1-3-12-6-8-15(22(12)16)17(24)19-10-11-5-7-13-14(9-11)21-18(25)20-13/h5,7,9,12,15H,1-4,6,8,10H2,(H,19,24)(H2,20,21,25)/t12-,15-/m0/s1. The number of amides is 2. The van der Waals surface area contributed by atoms with Gasteiger partial charge in [-0.25, -0.2) is 4.79 Å². The Labute approximate surface area is 144 Å². The summed E-state index contributed by atoms with van der Waals surface area (Å²) < 4.78 is 0. The smallest absolute Gasteiger partial charge is 0.323 e. The highest BCUT2D eigenvalue weighted by Gasteiger charge is 2.41. The van der Waals surface area contributed by atoms with E-state index in [0.29, 0.717) is 13.0 Å². The van der Waals surface area contributed by atoms with Crippen LogP contribution in [-0.2, 0) is 16.1 Å². The van der Waals surface area contributed by atoms with Crippen LogP contribution < -0.4 is 11.0 Å². The number of aromatic nitrogens is 2. The first-order valence-corrected chi connectivity index (χ1v) is 8.91. The van der Waals surface area contributed by atoms with Gasteiger partial charge in [0, 0.05) is 19.0 Å². The molecule has 2 fully saturated rings. The van der Waals surface area contributed by atoms with E-state index < -0.39 is 0 Å². The van der Waals surface area contributed by atoms with Crippen molar-refractivity contribution < 1.29 is 9.59 Å². The summed E-state index contributed by atoms with van der Waals surface area (Å²) in [5, 5.41) is 2.95. The fraction of sp³-hybridized carbons (Fsp3) is 0.500. The number of aromatic amines is 2. The zero-order valence-corrected chi connectivity index (χ0v) is 14.0. The van der Waals surface area contributed by atoms with E-state index in [1.165, 1.54) is 0 Å². The number of hydrogen-bond donors (Lipinski definition) is 3. The first-order chi connectivity index (χ1) is 12.1. The number of carbonyl (C=O) groups excluding carboxylic acids is 2. The summed E-state index contributed by atoms with van der Waals surface area (Å²) >= 11 is 0. The molecule has 2 saturated heterocycles. The third kappa shape index (κ3) is 3.06. The van der Waals surface area contributed by atoms with Gasteiger partial charge in [0.1, 0.15) is 6.04 Å². The molecule has 132 valence electrons. The molecule has 0 spiro atoms. The van der Waals surface area contributed by atoms with Crippen molar-refractivity contribution >= 4 is 22.8 Å². The first-order valence-electron chi connectivity index (χ1n) is 8.91. The normalized spacial score (nSPS) is 23.5. The van der Waals surface area contributed by atoms with Crippen LogP contribution in [0.2, 0.25) is 0 Å². The van der Waals surface area contributed by atoms with Gasteiger partial charge in [-0.05, 0) is 43.4 Å². The van der Waals surface area contributed by atoms with Crippen LogP contribution in [0.15, 0.2) is 23.0 Å². The van der Waals surface area contributed by atoms with Gasteiger partial charge in [0.25, 0.3) is 0 Å². The predicted molar refractivity (Wildman–Crippen MR) is 92.9 cm³/mol. The molecule has 1 aromatic carbocycles. The molecule has 2 atom stereocenters. The van der Waals surface area contributed by atoms with Crippen LogP contribution in [-0.4, -0.2) is 38.8 Å². The van der Waals surface area contributed by atoms with Crippen LogP contribution >= 0.6 is 0 Å². The fourth-order valence-electron chi connectivity index (χ4n) is 4.08. The molecule has 0 bridgehead atoms. The van der Waals surface area contributed by atoms with Crippen molar-refractivity contribution in [3.63, 3.8) is 0 Å². The number of fused-ring (bicyclic) bond motifs is 2. The van der Waals surface area contributed by atoms with Crippen LogP contribution in [0.1, 0.15) is 44.1 Å². The van der Waals surface area contributed by atoms with Gasteiger partial charge in [0.05, 0.1) is 11.0 Å². The average Bonchev–Trinajstić information content (AvgIpc) is 3.13. The van der Waals surface area contributed by atoms with Crippen molar-refractivity contribution in [1.82, 2.24) is 20.2 Å². The van der Waals surface area contributed by atoms with Gasteiger partial charge in [-0.2, -0.15) is 0 Å². The summed E-state index contributed by atoms with van der Waals surface area (Å²) in [5.74, 6) is 0.0341. The monoisotopic (exact) mass is 342 g/mol. The molecule has 25 heavy (non-hydrogen) atoms. The maximum Gasteiger partial charge on any atom is 0.323 e. The minimum Gasteiger partial charge on any atom is -0.350 e. The molecule has 2 aromatic rings. The Morgan fingerprint density at radius 2 is 1.96 bits per heavy atom. The van der Waals surface area contributed by atoms with E-state index in [4.69, 9.17) is 0 Å². The molecule has 0 saturated carbocycles. The number of hydrogen-bond acceptors (Lipinski definition) is 3. The molecule has 3 heterocycles. The lowest BCUT2D eigenvalue weighted by Gasteiger charge is -2.28. The van der Waals surface area contributed by atoms with E-state index in [2.05, 4.69) is 15.3 Å². The van der Waals surface area contributed by atoms with Crippen molar-refractivity contribution in [2.75, 3.05) is 0 Å². The zero-order valence-electron chi connectivity index (χ0n) is 14.0. The van der Waals surface area contributed by atoms with E-state index in [0.717, 1.165) is 48.7 Å². The lowest BCUT2D eigenvalue weighted by molar-refractivity contribution is -0.139. The number of H-pyrrole nitrogens is 2. The summed E-state index contributed by atoms with van der Waals surface area (Å²) in [6.07, 6.45) is 5.21. The number of nitrogens with zero attached hydrogens (tertiary/aromatic N) is 1. The van der Waals surface area contributed by atoms with Crippen molar-refractivity contribution in [2.24, 2.45) is 0 Å². The van der Waals surface area contributed by atoms with Crippen molar-refractivity contribution in [3.05, 3.63) is 34.2 Å². The number of nitrogens with one attached hydrogen (secondary N) is 3. The Balaban J connectivity index is 1.44. The largest absolute Gasteiger partial charge is 0.350 e. The van der Waals surface area contributed by atoms with Gasteiger partial charge in [-0.1, -0.05) is 12.5 Å². The molecular formula is C18H22N4O3. The summed E-state index contributed by atoms with van der Waals surface area (Å²) in [5.41, 5.74) is 2.13. The van der Waals surface area contributed by atoms with Crippen LogP contribution in [0.5, 0.6) is 0 Å². The second kappa shape index (κ2) is 6.38. The molecule has 2 aliphatic rings. The van der Waals surface area contributed by atoms with Gasteiger partial charge in [-0.15, -0.1) is 0 Å². The number of carbonyl (C=O) groups is 2. The molecule has 0 radical (unpaired) electrons. The van der Waals surface area contributed by atoms with Crippen molar-refractivity contribution in [3.8, 4) is 0 Å². The Morgan fingerprint density at radius 3 is 2.84 bits per heavy atom. The van der Waals surface area contributed by atoms with E-state index >= 15 is 0 Å². The van der Waals surface area contributed by atoms with Crippen LogP contribution in [0.3, 0.4) is 0 Å². The quantitative estimate of drug-likeness (QED) is 0.786. The van der Waals surface area contributed by atoms with E-state index in [-0.39, 0.29) is 29.6 Å². The topological polar surface area (TPSA) is 98.1 Å². The van der Waals surface area contributed by atoms with E-state index in [1.54, 1.807) is 0 Å². The molecule has 7 heteroatoms. The summed E-state index contributed by atoms with van der Waals surface area (Å²) in [4.78, 5) is 43.5. The zero-order chi connectivity index (χ0) is 17.4. The van der Waals surface area contributed by atoms with E-state index in [9.17, 15) is 14.4 Å². The molecule has 7 nitrogen and oxygen atoms in total. The molecular weight excluding hydrogens is 320 g/mol. The van der Waals surface area contributed by atoms with Gasteiger partial charge in [0.2, 0.25) is 11.8 Å². The van der Waals surface area contributed by atoms with Crippen LogP contribution in [0, 0.1) is 0 Å². The highest BCUT2D eigenvalue weighted by atomic mass is 16.2. The lowest BCUT2D eigenvalue weighted by Crippen LogP contribution is -2.48. The lowest BCUT2D eigenvalue weighted by atomic mass is 10.1. The minimum absolute atomic E-state index is 0.0830. The highest BCUT2D eigenvalue weighted by molar-refractivity contribution is 5.88. The molecule has 1 aromatic heterocycles. The van der Waals surface area contributed by atoms with Gasteiger partial charge < -0.3 is 20.2 Å². The van der Waals surface area contributed by atoms with Gasteiger partial charge in [-0.3, -0.25) is 9.59 Å². The maximum atomic E-state index is 12.6. The average molecular weight is 342 g/mol. The Bertz CT molecular complexity index is 869. The van der Waals surface area contributed by atoms with Crippen LogP contribution in [0.4, 0.5) is 0 Å². The van der Waals surface area contributed by atoms with Gasteiger partial charge in [0.15, 0.2) is 0 Å². The van der Waals surface area contributed by atoms with Crippen molar-refractivity contribution in [1.29, 1.82) is 0 Å². The third-order valence-corrected chi connectivity index (χ3v) is 5.32. The Kier molecular flexibility index (Phi) is 4.07. The number of imidazole rings is 1. The fourth-order valence-corrected chi connectivity index (χ4v) is 4.08. The number of rotatable bonds is 3. The Hall–Kier alpha value is -2.57. The maximum absolute atomic E-state index is 12.6. The first kappa shape index (κ1) is 15.9. The molecule has 2 aliphatic heterocycles. The second-order valence-electron chi connectivity index (χ2n) is 6.97. The summed E-state index contributed by atoms with van der Waals surface area (Å²) in [6.45, 7) is 0.380. The van der Waals surface area contributed by atoms with E-state index in [1.807, 2.05) is 23.1 Å². The highest BCUT2D eigenvalue weighted by Crippen LogP contribution is 2.31. The summed E-state index contributed by atoms with van der Waals surface area (Å²) in [6, 6.07) is 5.43. The molecule has 4 rings (SSSR count). The van der Waals surface area contributed by atoms with Gasteiger partial charge >= 0.3 is 5.69 Å².